The monoisotopic (exact) mass is 291 g/mol. The number of hydrogen-bond donors (Lipinski definition) is 1. The fourth-order valence-electron chi connectivity index (χ4n) is 2.27. The zero-order chi connectivity index (χ0) is 15.5. The van der Waals surface area contributed by atoms with Crippen molar-refractivity contribution in [3.8, 4) is 0 Å². The summed E-state index contributed by atoms with van der Waals surface area (Å²) in [6.07, 6.45) is 1.59. The molecule has 0 heterocycles. The Hall–Kier alpha value is -3.21. The minimum Gasteiger partial charge on any atom is -0.397 e. The Morgan fingerprint density at radius 2 is 1.86 bits per heavy atom. The van der Waals surface area contributed by atoms with Gasteiger partial charge in [-0.05, 0) is 17.0 Å². The highest BCUT2D eigenvalue weighted by Gasteiger charge is 2.06. The minimum atomic E-state index is -0.427. The van der Waals surface area contributed by atoms with Crippen LogP contribution in [0.25, 0.3) is 10.8 Å². The van der Waals surface area contributed by atoms with Crippen molar-refractivity contribution < 1.29 is 4.92 Å². The maximum absolute atomic E-state index is 10.8. The van der Waals surface area contributed by atoms with E-state index in [0.717, 1.165) is 10.8 Å². The van der Waals surface area contributed by atoms with E-state index in [9.17, 15) is 10.1 Å². The number of benzene rings is 3. The number of rotatable bonds is 3. The van der Waals surface area contributed by atoms with Crippen molar-refractivity contribution in [2.24, 2.45) is 4.99 Å². The van der Waals surface area contributed by atoms with Gasteiger partial charge in [-0.1, -0.05) is 42.5 Å². The van der Waals surface area contributed by atoms with Gasteiger partial charge < -0.3 is 5.73 Å². The summed E-state index contributed by atoms with van der Waals surface area (Å²) >= 11 is 0. The molecular formula is C17H13N3O2. The molecule has 108 valence electrons. The van der Waals surface area contributed by atoms with Crippen molar-refractivity contribution in [2.75, 3.05) is 5.73 Å². The number of fused-ring (bicyclic) bond motifs is 1. The largest absolute Gasteiger partial charge is 0.397 e. The van der Waals surface area contributed by atoms with Crippen LogP contribution in [0.1, 0.15) is 5.56 Å². The molecule has 3 aromatic carbocycles. The molecule has 0 aromatic heterocycles. The van der Waals surface area contributed by atoms with Gasteiger partial charge in [-0.25, -0.2) is 0 Å². The summed E-state index contributed by atoms with van der Waals surface area (Å²) in [6.45, 7) is 0. The summed E-state index contributed by atoms with van der Waals surface area (Å²) in [6, 6.07) is 17.9. The molecule has 0 spiro atoms. The van der Waals surface area contributed by atoms with Gasteiger partial charge in [0, 0.05) is 23.7 Å². The molecule has 0 aliphatic carbocycles. The number of aliphatic imine (C=N–C) groups is 1. The van der Waals surface area contributed by atoms with Crippen LogP contribution in [0.15, 0.2) is 65.7 Å². The molecule has 0 saturated heterocycles. The van der Waals surface area contributed by atoms with E-state index in [4.69, 9.17) is 5.73 Å². The molecule has 0 atom stereocenters. The van der Waals surface area contributed by atoms with Gasteiger partial charge in [0.25, 0.3) is 5.69 Å². The lowest BCUT2D eigenvalue weighted by atomic mass is 10.1. The SMILES string of the molecule is Nc1ccc2ccccc2c1N=Cc1cccc([N+](=O)[O-])c1. The Bertz CT molecular complexity index is 888. The molecular weight excluding hydrogens is 278 g/mol. The van der Waals surface area contributed by atoms with Gasteiger partial charge in [0.2, 0.25) is 0 Å². The number of nitro benzene ring substituents is 1. The number of nitro groups is 1. The summed E-state index contributed by atoms with van der Waals surface area (Å²) in [7, 11) is 0. The van der Waals surface area contributed by atoms with Crippen molar-refractivity contribution in [1.29, 1.82) is 0 Å². The molecule has 2 N–H and O–H groups in total. The highest BCUT2D eigenvalue weighted by molar-refractivity contribution is 6.00. The molecule has 5 heteroatoms. The summed E-state index contributed by atoms with van der Waals surface area (Å²) in [5, 5.41) is 12.8. The van der Waals surface area contributed by atoms with Crippen molar-refractivity contribution in [3.63, 3.8) is 0 Å². The quantitative estimate of drug-likeness (QED) is 0.341. The predicted octanol–water partition coefficient (Wildman–Crippen LogP) is 4.08. The average molecular weight is 291 g/mol. The maximum atomic E-state index is 10.8. The third-order valence-electron chi connectivity index (χ3n) is 3.36. The molecule has 0 bridgehead atoms. The lowest BCUT2D eigenvalue weighted by Crippen LogP contribution is -1.90. The first-order chi connectivity index (χ1) is 10.6. The molecule has 0 unspecified atom stereocenters. The average Bonchev–Trinajstić information content (AvgIpc) is 2.54. The van der Waals surface area contributed by atoms with E-state index in [1.54, 1.807) is 18.3 Å². The van der Waals surface area contributed by atoms with E-state index < -0.39 is 4.92 Å². The Labute approximate surface area is 126 Å². The number of hydrogen-bond acceptors (Lipinski definition) is 4. The van der Waals surface area contributed by atoms with E-state index in [0.29, 0.717) is 16.9 Å². The van der Waals surface area contributed by atoms with Crippen LogP contribution >= 0.6 is 0 Å². The van der Waals surface area contributed by atoms with E-state index in [1.807, 2.05) is 36.4 Å². The lowest BCUT2D eigenvalue weighted by molar-refractivity contribution is -0.384. The molecule has 0 radical (unpaired) electrons. The van der Waals surface area contributed by atoms with Crippen LogP contribution in [0.3, 0.4) is 0 Å². The van der Waals surface area contributed by atoms with E-state index >= 15 is 0 Å². The second-order valence-corrected chi connectivity index (χ2v) is 4.83. The first-order valence-electron chi connectivity index (χ1n) is 6.71. The van der Waals surface area contributed by atoms with E-state index in [1.165, 1.54) is 12.1 Å². The van der Waals surface area contributed by atoms with Gasteiger partial charge in [-0.2, -0.15) is 0 Å². The van der Waals surface area contributed by atoms with Crippen LogP contribution in [0.4, 0.5) is 17.1 Å². The van der Waals surface area contributed by atoms with Crippen molar-refractivity contribution in [2.45, 2.75) is 0 Å². The number of nitrogens with zero attached hydrogens (tertiary/aromatic N) is 2. The topological polar surface area (TPSA) is 81.5 Å². The molecule has 0 aliphatic rings. The fraction of sp³-hybridized carbons (Fsp3) is 0. The van der Waals surface area contributed by atoms with Crippen LogP contribution < -0.4 is 5.73 Å². The zero-order valence-corrected chi connectivity index (χ0v) is 11.6. The molecule has 3 aromatic rings. The van der Waals surface area contributed by atoms with Gasteiger partial charge in [-0.15, -0.1) is 0 Å². The predicted molar refractivity (Wildman–Crippen MR) is 88.7 cm³/mol. The molecule has 3 rings (SSSR count). The number of anilines is 1. The van der Waals surface area contributed by atoms with Crippen LogP contribution in [-0.4, -0.2) is 11.1 Å². The highest BCUT2D eigenvalue weighted by Crippen LogP contribution is 2.31. The molecule has 0 saturated carbocycles. The second kappa shape index (κ2) is 5.65. The standard InChI is InChI=1S/C17H13N3O2/c18-16-9-8-13-5-1-2-7-15(13)17(16)19-11-12-4-3-6-14(10-12)20(21)22/h1-11H,18H2. The smallest absolute Gasteiger partial charge is 0.270 e. The number of non-ortho nitro benzene ring substituents is 1. The lowest BCUT2D eigenvalue weighted by Gasteiger charge is -2.05. The maximum Gasteiger partial charge on any atom is 0.270 e. The minimum absolute atomic E-state index is 0.0369. The molecule has 0 amide bonds. The van der Waals surface area contributed by atoms with Crippen molar-refractivity contribution in [3.05, 3.63) is 76.3 Å². The Balaban J connectivity index is 2.04. The normalized spacial score (nSPS) is 11.1. The van der Waals surface area contributed by atoms with Crippen LogP contribution in [-0.2, 0) is 0 Å². The molecule has 0 aliphatic heterocycles. The third kappa shape index (κ3) is 2.64. The molecule has 22 heavy (non-hydrogen) atoms. The fourth-order valence-corrected chi connectivity index (χ4v) is 2.27. The third-order valence-corrected chi connectivity index (χ3v) is 3.36. The summed E-state index contributed by atoms with van der Waals surface area (Å²) in [4.78, 5) is 14.8. The van der Waals surface area contributed by atoms with Gasteiger partial charge in [0.1, 0.15) is 0 Å². The van der Waals surface area contributed by atoms with Gasteiger partial charge in [0.15, 0.2) is 0 Å². The zero-order valence-electron chi connectivity index (χ0n) is 11.6. The van der Waals surface area contributed by atoms with Gasteiger partial charge >= 0.3 is 0 Å². The Morgan fingerprint density at radius 3 is 2.68 bits per heavy atom. The van der Waals surface area contributed by atoms with E-state index in [2.05, 4.69) is 4.99 Å². The summed E-state index contributed by atoms with van der Waals surface area (Å²) < 4.78 is 0. The van der Waals surface area contributed by atoms with E-state index in [-0.39, 0.29) is 5.69 Å². The van der Waals surface area contributed by atoms with Crippen molar-refractivity contribution >= 4 is 34.0 Å². The Morgan fingerprint density at radius 1 is 1.05 bits per heavy atom. The van der Waals surface area contributed by atoms with Gasteiger partial charge in [-0.3, -0.25) is 15.1 Å². The van der Waals surface area contributed by atoms with Crippen LogP contribution in [0.5, 0.6) is 0 Å². The number of nitrogens with two attached hydrogens (primary N) is 1. The molecule has 0 fully saturated rings. The van der Waals surface area contributed by atoms with Crippen molar-refractivity contribution in [1.82, 2.24) is 0 Å². The summed E-state index contributed by atoms with van der Waals surface area (Å²) in [5.41, 5.74) is 7.94. The molecule has 5 nitrogen and oxygen atoms in total. The van der Waals surface area contributed by atoms with Crippen LogP contribution in [0, 0.1) is 10.1 Å². The summed E-state index contributed by atoms with van der Waals surface area (Å²) in [5.74, 6) is 0. The Kier molecular flexibility index (Phi) is 3.53. The highest BCUT2D eigenvalue weighted by atomic mass is 16.6. The number of nitrogen functional groups attached to an aromatic ring is 1. The first-order valence-corrected chi connectivity index (χ1v) is 6.71. The second-order valence-electron chi connectivity index (χ2n) is 4.83. The van der Waals surface area contributed by atoms with Crippen LogP contribution in [0.2, 0.25) is 0 Å². The van der Waals surface area contributed by atoms with Gasteiger partial charge in [0.05, 0.1) is 16.3 Å². The first kappa shape index (κ1) is 13.8.